The topological polar surface area (TPSA) is 73.6 Å². The van der Waals surface area contributed by atoms with Crippen molar-refractivity contribution < 1.29 is 23.2 Å². The van der Waals surface area contributed by atoms with Gasteiger partial charge in [-0.2, -0.15) is 0 Å². The first kappa shape index (κ1) is 16.5. The second-order valence-electron chi connectivity index (χ2n) is 5.10. The van der Waals surface area contributed by atoms with Crippen molar-refractivity contribution in [3.63, 3.8) is 0 Å². The molecule has 0 aliphatic heterocycles. The van der Waals surface area contributed by atoms with Gasteiger partial charge in [-0.1, -0.05) is 11.2 Å². The largest absolute Gasteiger partial charge is 0.493 e. The number of amides is 1. The molecular formula is C18H15FN2O4. The Morgan fingerprint density at radius 3 is 2.48 bits per heavy atom. The summed E-state index contributed by atoms with van der Waals surface area (Å²) < 4.78 is 28.6. The number of nitrogens with zero attached hydrogens (tertiary/aromatic N) is 1. The van der Waals surface area contributed by atoms with Crippen molar-refractivity contribution >= 4 is 11.8 Å². The Morgan fingerprint density at radius 1 is 1.08 bits per heavy atom. The summed E-state index contributed by atoms with van der Waals surface area (Å²) in [5.41, 5.74) is 1.61. The number of aromatic nitrogens is 1. The van der Waals surface area contributed by atoms with Gasteiger partial charge in [0.1, 0.15) is 5.82 Å². The number of hydrogen-bond acceptors (Lipinski definition) is 5. The lowest BCUT2D eigenvalue weighted by atomic mass is 10.1. The van der Waals surface area contributed by atoms with Gasteiger partial charge in [0.05, 0.1) is 26.0 Å². The average molecular weight is 342 g/mol. The molecule has 1 amide bonds. The zero-order valence-electron chi connectivity index (χ0n) is 13.6. The minimum Gasteiger partial charge on any atom is -0.493 e. The van der Waals surface area contributed by atoms with Gasteiger partial charge in [-0.15, -0.1) is 0 Å². The van der Waals surface area contributed by atoms with Crippen LogP contribution in [0.1, 0.15) is 10.4 Å². The van der Waals surface area contributed by atoms with E-state index < -0.39 is 11.7 Å². The van der Waals surface area contributed by atoms with E-state index in [1.54, 1.807) is 25.3 Å². The number of carbonyl (C=O) groups excluding carboxylic acids is 1. The standard InChI is InChI=1S/C18H15FN2O4/c1-23-15-8-5-12(9-16(15)24-2)14-10-20-25-18(14)21-17(22)11-3-6-13(19)7-4-11/h3-10H,1-2H3,(H,21,22). The van der Waals surface area contributed by atoms with Crippen LogP contribution >= 0.6 is 0 Å². The Labute approximate surface area is 143 Å². The molecule has 3 rings (SSSR count). The van der Waals surface area contributed by atoms with E-state index in [1.165, 1.54) is 37.6 Å². The molecule has 0 fully saturated rings. The van der Waals surface area contributed by atoms with Gasteiger partial charge in [-0.25, -0.2) is 4.39 Å². The van der Waals surface area contributed by atoms with Crippen LogP contribution in [-0.4, -0.2) is 25.3 Å². The van der Waals surface area contributed by atoms with Gasteiger partial charge in [-0.05, 0) is 42.0 Å². The molecule has 0 aliphatic carbocycles. The molecule has 0 bridgehead atoms. The third kappa shape index (κ3) is 3.45. The van der Waals surface area contributed by atoms with Crippen LogP contribution in [0.15, 0.2) is 53.2 Å². The first-order chi connectivity index (χ1) is 12.1. The van der Waals surface area contributed by atoms with Crippen LogP contribution in [-0.2, 0) is 0 Å². The summed E-state index contributed by atoms with van der Waals surface area (Å²) in [6.45, 7) is 0. The zero-order chi connectivity index (χ0) is 17.8. The molecule has 0 saturated heterocycles. The van der Waals surface area contributed by atoms with Gasteiger partial charge in [0, 0.05) is 5.56 Å². The normalized spacial score (nSPS) is 10.4. The third-order valence-corrected chi connectivity index (χ3v) is 3.60. The van der Waals surface area contributed by atoms with Gasteiger partial charge >= 0.3 is 0 Å². The summed E-state index contributed by atoms with van der Waals surface area (Å²) >= 11 is 0. The maximum Gasteiger partial charge on any atom is 0.258 e. The fraction of sp³-hybridized carbons (Fsp3) is 0.111. The Hall–Kier alpha value is -3.35. The summed E-state index contributed by atoms with van der Waals surface area (Å²) in [5, 5.41) is 6.36. The zero-order valence-corrected chi connectivity index (χ0v) is 13.6. The fourth-order valence-corrected chi connectivity index (χ4v) is 2.32. The predicted molar refractivity (Wildman–Crippen MR) is 89.4 cm³/mol. The number of carbonyl (C=O) groups is 1. The summed E-state index contributed by atoms with van der Waals surface area (Å²) in [7, 11) is 3.08. The van der Waals surface area contributed by atoms with Gasteiger partial charge in [0.15, 0.2) is 11.5 Å². The molecule has 6 nitrogen and oxygen atoms in total. The molecule has 128 valence electrons. The third-order valence-electron chi connectivity index (χ3n) is 3.60. The average Bonchev–Trinajstić information content (AvgIpc) is 3.09. The molecule has 1 N–H and O–H groups in total. The highest BCUT2D eigenvalue weighted by atomic mass is 19.1. The van der Waals surface area contributed by atoms with E-state index in [2.05, 4.69) is 10.5 Å². The number of benzene rings is 2. The summed E-state index contributed by atoms with van der Waals surface area (Å²) in [5.74, 6) is 0.457. The van der Waals surface area contributed by atoms with E-state index in [1.807, 2.05) is 0 Å². The number of halogens is 1. The van der Waals surface area contributed by atoms with Gasteiger partial charge in [0.2, 0.25) is 5.88 Å². The van der Waals surface area contributed by atoms with Crippen LogP contribution in [0.5, 0.6) is 11.5 Å². The molecule has 1 aromatic heterocycles. The molecule has 0 saturated carbocycles. The number of rotatable bonds is 5. The number of nitrogens with one attached hydrogen (secondary N) is 1. The second kappa shape index (κ2) is 7.04. The number of methoxy groups -OCH3 is 2. The quantitative estimate of drug-likeness (QED) is 0.764. The molecule has 0 spiro atoms. The van der Waals surface area contributed by atoms with Crippen LogP contribution in [0.25, 0.3) is 11.1 Å². The molecule has 1 heterocycles. The van der Waals surface area contributed by atoms with Crippen molar-refractivity contribution in [2.45, 2.75) is 0 Å². The van der Waals surface area contributed by atoms with Gasteiger partial charge < -0.3 is 14.0 Å². The minimum atomic E-state index is -0.432. The molecule has 3 aromatic rings. The van der Waals surface area contributed by atoms with Crippen molar-refractivity contribution in [2.24, 2.45) is 0 Å². The SMILES string of the molecule is COc1ccc(-c2cnoc2NC(=O)c2ccc(F)cc2)cc1OC. The summed E-state index contributed by atoms with van der Waals surface area (Å²) in [4.78, 5) is 12.3. The number of hydrogen-bond donors (Lipinski definition) is 1. The van der Waals surface area contributed by atoms with Crippen molar-refractivity contribution in [2.75, 3.05) is 19.5 Å². The molecule has 25 heavy (non-hydrogen) atoms. The van der Waals surface area contributed by atoms with E-state index in [4.69, 9.17) is 14.0 Å². The Bertz CT molecular complexity index is 890. The minimum absolute atomic E-state index is 0.182. The first-order valence-corrected chi connectivity index (χ1v) is 7.36. The predicted octanol–water partition coefficient (Wildman–Crippen LogP) is 3.75. The molecule has 0 unspecified atom stereocenters. The molecule has 0 aliphatic rings. The van der Waals surface area contributed by atoms with Crippen LogP contribution in [0.3, 0.4) is 0 Å². The van der Waals surface area contributed by atoms with E-state index in [-0.39, 0.29) is 5.88 Å². The maximum absolute atomic E-state index is 13.0. The van der Waals surface area contributed by atoms with Crippen molar-refractivity contribution in [1.29, 1.82) is 0 Å². The lowest BCUT2D eigenvalue weighted by molar-refractivity contribution is 0.102. The van der Waals surface area contributed by atoms with Crippen LogP contribution in [0.2, 0.25) is 0 Å². The number of anilines is 1. The molecule has 2 aromatic carbocycles. The first-order valence-electron chi connectivity index (χ1n) is 7.36. The lowest BCUT2D eigenvalue weighted by Gasteiger charge is -2.09. The summed E-state index contributed by atoms with van der Waals surface area (Å²) in [6.07, 6.45) is 1.49. The Kier molecular flexibility index (Phi) is 4.65. The van der Waals surface area contributed by atoms with Gasteiger partial charge in [-0.3, -0.25) is 10.1 Å². The highest BCUT2D eigenvalue weighted by molar-refractivity contribution is 6.05. The lowest BCUT2D eigenvalue weighted by Crippen LogP contribution is -2.11. The maximum atomic E-state index is 13.0. The van der Waals surface area contributed by atoms with Gasteiger partial charge in [0.25, 0.3) is 5.91 Å². The van der Waals surface area contributed by atoms with Crippen LogP contribution < -0.4 is 14.8 Å². The van der Waals surface area contributed by atoms with Crippen molar-refractivity contribution in [3.05, 3.63) is 60.0 Å². The molecule has 0 atom stereocenters. The molecule has 0 radical (unpaired) electrons. The van der Waals surface area contributed by atoms with E-state index >= 15 is 0 Å². The second-order valence-corrected chi connectivity index (χ2v) is 5.10. The Morgan fingerprint density at radius 2 is 1.80 bits per heavy atom. The smallest absolute Gasteiger partial charge is 0.258 e. The van der Waals surface area contributed by atoms with E-state index in [0.717, 1.165) is 5.56 Å². The van der Waals surface area contributed by atoms with Crippen LogP contribution in [0, 0.1) is 5.82 Å². The van der Waals surface area contributed by atoms with E-state index in [0.29, 0.717) is 22.6 Å². The van der Waals surface area contributed by atoms with Crippen molar-refractivity contribution in [1.82, 2.24) is 5.16 Å². The van der Waals surface area contributed by atoms with E-state index in [9.17, 15) is 9.18 Å². The monoisotopic (exact) mass is 342 g/mol. The molecular weight excluding hydrogens is 327 g/mol. The molecule has 7 heteroatoms. The van der Waals surface area contributed by atoms with Crippen molar-refractivity contribution in [3.8, 4) is 22.6 Å². The highest BCUT2D eigenvalue weighted by Gasteiger charge is 2.16. The highest BCUT2D eigenvalue weighted by Crippen LogP contribution is 2.35. The number of ether oxygens (including phenoxy) is 2. The Balaban J connectivity index is 1.88. The summed E-state index contributed by atoms with van der Waals surface area (Å²) in [6, 6.07) is 10.5. The fourth-order valence-electron chi connectivity index (χ4n) is 2.32. The van der Waals surface area contributed by atoms with Crippen LogP contribution in [0.4, 0.5) is 10.3 Å².